The number of hydrogen-bond donors (Lipinski definition) is 0. The third kappa shape index (κ3) is 2.16. The molecule has 2 heterocycles. The molecule has 5 heteroatoms. The molecule has 1 aliphatic heterocycles. The lowest BCUT2D eigenvalue weighted by Crippen LogP contribution is -2.32. The van der Waals surface area contributed by atoms with Crippen molar-refractivity contribution in [3.05, 3.63) is 11.4 Å². The normalized spacial score (nSPS) is 17.5. The Morgan fingerprint density at radius 3 is 2.40 bits per heavy atom. The second kappa shape index (κ2) is 4.42. The lowest BCUT2D eigenvalue weighted by atomic mass is 10.2. The van der Waals surface area contributed by atoms with Crippen LogP contribution in [0.15, 0.2) is 4.63 Å². The maximum atomic E-state index is 12.0. The first-order valence-electron chi connectivity index (χ1n) is 5.37. The summed E-state index contributed by atoms with van der Waals surface area (Å²) in [6.07, 6.45) is 4.58. The quantitative estimate of drug-likeness (QED) is 0.701. The Hall–Kier alpha value is -1.39. The number of amides is 1. The molecule has 0 atom stereocenters. The molecule has 1 amide bonds. The molecule has 15 heavy (non-hydrogen) atoms. The molecule has 82 valence electrons. The van der Waals surface area contributed by atoms with Crippen LogP contribution in [0.1, 0.15) is 41.9 Å². The first-order chi connectivity index (χ1) is 7.29. The molecule has 0 spiro atoms. The van der Waals surface area contributed by atoms with Crippen molar-refractivity contribution in [2.24, 2.45) is 0 Å². The molecule has 0 bridgehead atoms. The summed E-state index contributed by atoms with van der Waals surface area (Å²) in [5.74, 6) is -0.0457. The molecular formula is C10H15N3O2. The predicted molar refractivity (Wildman–Crippen MR) is 53.4 cm³/mol. The minimum atomic E-state index is -0.0457. The van der Waals surface area contributed by atoms with Gasteiger partial charge in [-0.3, -0.25) is 4.79 Å². The Labute approximate surface area is 88.4 Å². The molecule has 1 saturated heterocycles. The molecule has 0 radical (unpaired) electrons. The summed E-state index contributed by atoms with van der Waals surface area (Å²) in [6, 6.07) is 0. The maximum Gasteiger partial charge on any atom is 0.278 e. The summed E-state index contributed by atoms with van der Waals surface area (Å²) in [4.78, 5) is 13.8. The largest absolute Gasteiger partial charge is 0.337 e. The van der Waals surface area contributed by atoms with Crippen molar-refractivity contribution in [3.63, 3.8) is 0 Å². The van der Waals surface area contributed by atoms with Crippen molar-refractivity contribution in [3.8, 4) is 0 Å². The summed E-state index contributed by atoms with van der Waals surface area (Å²) < 4.78 is 4.54. The predicted octanol–water partition coefficient (Wildman–Crippen LogP) is 1.39. The van der Waals surface area contributed by atoms with Gasteiger partial charge in [0.15, 0.2) is 5.69 Å². The van der Waals surface area contributed by atoms with E-state index in [9.17, 15) is 4.79 Å². The Morgan fingerprint density at radius 1 is 1.20 bits per heavy atom. The zero-order valence-corrected chi connectivity index (χ0v) is 8.90. The van der Waals surface area contributed by atoms with Crippen LogP contribution in [0.4, 0.5) is 0 Å². The summed E-state index contributed by atoms with van der Waals surface area (Å²) in [7, 11) is 0. The number of rotatable bonds is 1. The fraction of sp³-hybridized carbons (Fsp3) is 0.700. The smallest absolute Gasteiger partial charge is 0.278 e. The molecule has 5 nitrogen and oxygen atoms in total. The Balaban J connectivity index is 2.09. The average molecular weight is 209 g/mol. The molecule has 0 unspecified atom stereocenters. The van der Waals surface area contributed by atoms with Crippen molar-refractivity contribution in [1.82, 2.24) is 15.2 Å². The summed E-state index contributed by atoms with van der Waals surface area (Å²) in [6.45, 7) is 3.39. The first kappa shape index (κ1) is 10.1. The van der Waals surface area contributed by atoms with Gasteiger partial charge < -0.3 is 4.90 Å². The van der Waals surface area contributed by atoms with Crippen LogP contribution in [0.2, 0.25) is 0 Å². The minimum Gasteiger partial charge on any atom is -0.337 e. The number of hydrogen-bond acceptors (Lipinski definition) is 4. The highest BCUT2D eigenvalue weighted by molar-refractivity contribution is 5.93. The molecule has 0 aromatic carbocycles. The van der Waals surface area contributed by atoms with Gasteiger partial charge in [-0.25, -0.2) is 4.63 Å². The monoisotopic (exact) mass is 209 g/mol. The van der Waals surface area contributed by atoms with Gasteiger partial charge >= 0.3 is 0 Å². The van der Waals surface area contributed by atoms with Gasteiger partial charge in [-0.05, 0) is 24.9 Å². The first-order valence-corrected chi connectivity index (χ1v) is 5.37. The fourth-order valence-electron chi connectivity index (χ4n) is 1.85. The van der Waals surface area contributed by atoms with Crippen LogP contribution in [-0.4, -0.2) is 34.2 Å². The maximum absolute atomic E-state index is 12.0. The standard InChI is InChI=1S/C10H15N3O2/c1-8-9(12-15-11-8)10(14)13-6-4-2-3-5-7-13/h2-7H2,1H3. The van der Waals surface area contributed by atoms with E-state index in [1.807, 2.05) is 4.90 Å². The van der Waals surface area contributed by atoms with Crippen LogP contribution in [0.5, 0.6) is 0 Å². The average Bonchev–Trinajstić information content (AvgIpc) is 2.53. The van der Waals surface area contributed by atoms with E-state index < -0.39 is 0 Å². The highest BCUT2D eigenvalue weighted by Gasteiger charge is 2.22. The van der Waals surface area contributed by atoms with Crippen LogP contribution < -0.4 is 0 Å². The third-order valence-electron chi connectivity index (χ3n) is 2.75. The zero-order chi connectivity index (χ0) is 10.7. The van der Waals surface area contributed by atoms with Gasteiger partial charge in [-0.15, -0.1) is 0 Å². The second-order valence-corrected chi connectivity index (χ2v) is 3.90. The van der Waals surface area contributed by atoms with Gasteiger partial charge in [0.05, 0.1) is 0 Å². The van der Waals surface area contributed by atoms with Crippen molar-refractivity contribution >= 4 is 5.91 Å². The molecule has 0 saturated carbocycles. The molecule has 1 aliphatic rings. The van der Waals surface area contributed by atoms with Crippen molar-refractivity contribution in [1.29, 1.82) is 0 Å². The molecule has 1 aromatic heterocycles. The molecule has 1 fully saturated rings. The van der Waals surface area contributed by atoms with Crippen LogP contribution in [0.3, 0.4) is 0 Å². The highest BCUT2D eigenvalue weighted by atomic mass is 16.6. The Kier molecular flexibility index (Phi) is 2.99. The second-order valence-electron chi connectivity index (χ2n) is 3.90. The molecular weight excluding hydrogens is 194 g/mol. The van der Waals surface area contributed by atoms with E-state index in [2.05, 4.69) is 14.9 Å². The van der Waals surface area contributed by atoms with E-state index in [4.69, 9.17) is 0 Å². The number of nitrogens with zero attached hydrogens (tertiary/aromatic N) is 3. The van der Waals surface area contributed by atoms with Gasteiger partial charge in [-0.2, -0.15) is 0 Å². The topological polar surface area (TPSA) is 59.2 Å². The van der Waals surface area contributed by atoms with Crippen molar-refractivity contribution in [2.45, 2.75) is 32.6 Å². The van der Waals surface area contributed by atoms with Gasteiger partial charge in [0.25, 0.3) is 5.91 Å². The number of aryl methyl sites for hydroxylation is 1. The molecule has 1 aromatic rings. The van der Waals surface area contributed by atoms with E-state index in [1.165, 1.54) is 12.8 Å². The van der Waals surface area contributed by atoms with Crippen molar-refractivity contribution in [2.75, 3.05) is 13.1 Å². The van der Waals surface area contributed by atoms with Gasteiger partial charge in [0.2, 0.25) is 0 Å². The summed E-state index contributed by atoms with van der Waals surface area (Å²) >= 11 is 0. The third-order valence-corrected chi connectivity index (χ3v) is 2.75. The van der Waals surface area contributed by atoms with E-state index in [0.717, 1.165) is 25.9 Å². The highest BCUT2D eigenvalue weighted by Crippen LogP contribution is 2.13. The van der Waals surface area contributed by atoms with E-state index in [1.54, 1.807) is 6.92 Å². The van der Waals surface area contributed by atoms with Crippen LogP contribution in [-0.2, 0) is 0 Å². The summed E-state index contributed by atoms with van der Waals surface area (Å²) in [5, 5.41) is 7.27. The lowest BCUT2D eigenvalue weighted by molar-refractivity contribution is 0.0750. The van der Waals surface area contributed by atoms with E-state index in [0.29, 0.717) is 11.4 Å². The number of carbonyl (C=O) groups is 1. The van der Waals surface area contributed by atoms with Gasteiger partial charge in [0.1, 0.15) is 5.69 Å². The molecule has 0 aliphatic carbocycles. The van der Waals surface area contributed by atoms with Gasteiger partial charge in [0, 0.05) is 13.1 Å². The fourth-order valence-corrected chi connectivity index (χ4v) is 1.85. The van der Waals surface area contributed by atoms with E-state index in [-0.39, 0.29) is 5.91 Å². The van der Waals surface area contributed by atoms with Crippen molar-refractivity contribution < 1.29 is 9.42 Å². The minimum absolute atomic E-state index is 0.0457. The molecule has 2 rings (SSSR count). The number of aromatic nitrogens is 2. The summed E-state index contributed by atoms with van der Waals surface area (Å²) in [5.41, 5.74) is 0.932. The Morgan fingerprint density at radius 2 is 1.87 bits per heavy atom. The van der Waals surface area contributed by atoms with Crippen LogP contribution >= 0.6 is 0 Å². The van der Waals surface area contributed by atoms with Gasteiger partial charge in [-0.1, -0.05) is 18.0 Å². The lowest BCUT2D eigenvalue weighted by Gasteiger charge is -2.18. The zero-order valence-electron chi connectivity index (χ0n) is 8.90. The number of likely N-dealkylation sites (tertiary alicyclic amines) is 1. The van der Waals surface area contributed by atoms with Crippen LogP contribution in [0, 0.1) is 6.92 Å². The SMILES string of the molecule is Cc1nonc1C(=O)N1CCCCCC1. The Bertz CT molecular complexity index is 340. The molecule has 0 N–H and O–H groups in total. The van der Waals surface area contributed by atoms with E-state index >= 15 is 0 Å². The number of carbonyl (C=O) groups excluding carboxylic acids is 1. The van der Waals surface area contributed by atoms with Crippen LogP contribution in [0.25, 0.3) is 0 Å².